The number of aromatic nitrogens is 2. The highest BCUT2D eigenvalue weighted by molar-refractivity contribution is 5.88. The van der Waals surface area contributed by atoms with Crippen molar-refractivity contribution in [2.24, 2.45) is 0 Å². The van der Waals surface area contributed by atoms with E-state index >= 15 is 0 Å². The molecule has 5 heteroatoms. The molecule has 0 fully saturated rings. The van der Waals surface area contributed by atoms with E-state index in [9.17, 15) is 4.79 Å². The van der Waals surface area contributed by atoms with Crippen molar-refractivity contribution in [3.8, 4) is 0 Å². The van der Waals surface area contributed by atoms with Crippen molar-refractivity contribution in [3.63, 3.8) is 0 Å². The van der Waals surface area contributed by atoms with Gasteiger partial charge in [-0.15, -0.1) is 0 Å². The molecule has 0 amide bonds. The second-order valence-electron chi connectivity index (χ2n) is 5.63. The Morgan fingerprint density at radius 3 is 2.79 bits per heavy atom. The Morgan fingerprint density at radius 1 is 1.25 bits per heavy atom. The number of pyridine rings is 1. The maximum absolute atomic E-state index is 11.8. The molecule has 0 atom stereocenters. The molecule has 1 aromatic carbocycles. The molecule has 0 radical (unpaired) electrons. The Labute approximate surface area is 152 Å². The van der Waals surface area contributed by atoms with Crippen LogP contribution in [0.15, 0.2) is 48.9 Å². The summed E-state index contributed by atoms with van der Waals surface area (Å²) < 4.78 is 6.92. The molecule has 0 spiro atoms. The predicted molar refractivity (Wildman–Crippen MR) is 89.4 cm³/mol. The highest BCUT2D eigenvalue weighted by atomic mass is 79.9. The van der Waals surface area contributed by atoms with Gasteiger partial charge in [-0.05, 0) is 24.1 Å². The lowest BCUT2D eigenvalue weighted by Gasteiger charge is -2.03. The Morgan fingerprint density at radius 2 is 2.04 bits per heavy atom. The number of aromatic amines is 1. The first-order valence-electron chi connectivity index (χ1n) is 7.87. The van der Waals surface area contributed by atoms with Gasteiger partial charge >= 0.3 is 5.97 Å². The number of rotatable bonds is 5. The van der Waals surface area contributed by atoms with E-state index in [0.717, 1.165) is 30.5 Å². The van der Waals surface area contributed by atoms with Crippen LogP contribution in [0.3, 0.4) is 0 Å². The van der Waals surface area contributed by atoms with Crippen LogP contribution in [0.5, 0.6) is 0 Å². The van der Waals surface area contributed by atoms with Gasteiger partial charge in [-0.2, -0.15) is 0 Å². The fourth-order valence-electron chi connectivity index (χ4n) is 2.84. The molecule has 2 heterocycles. The molecule has 0 aliphatic heterocycles. The molecular weight excluding hydrogens is 368 g/mol. The molecule has 0 saturated carbocycles. The number of para-hydroxylation sites is 1. The van der Waals surface area contributed by atoms with Crippen molar-refractivity contribution in [3.05, 3.63) is 65.6 Å². The number of halogens is 1. The van der Waals surface area contributed by atoms with Gasteiger partial charge in [-0.25, -0.2) is 9.36 Å². The second-order valence-corrected chi connectivity index (χ2v) is 5.63. The van der Waals surface area contributed by atoms with Gasteiger partial charge in [0.25, 0.3) is 0 Å². The molecule has 0 saturated heterocycles. The lowest BCUT2D eigenvalue weighted by atomic mass is 10.1. The van der Waals surface area contributed by atoms with Gasteiger partial charge < -0.3 is 26.7 Å². The standard InChI is InChI=1S/C19H21N2O2.BrH/c1-3-14-10-16(19(22)23-2)13-21(12-14)9-8-15-11-20-18-7-5-4-6-17(15)18;/h4-7,10-13,20H,3,8-9H2,1-2H3;1H/q+1;/p-1. The van der Waals surface area contributed by atoms with Gasteiger partial charge in [-0.3, -0.25) is 0 Å². The minimum absolute atomic E-state index is 0. The maximum atomic E-state index is 11.8. The van der Waals surface area contributed by atoms with Gasteiger partial charge in [0.05, 0.1) is 7.11 Å². The van der Waals surface area contributed by atoms with Crippen LogP contribution in [-0.4, -0.2) is 18.1 Å². The smallest absolute Gasteiger partial charge is 0.343 e. The molecule has 0 aliphatic rings. The molecule has 0 unspecified atom stereocenters. The topological polar surface area (TPSA) is 46.0 Å². The van der Waals surface area contributed by atoms with Gasteiger partial charge in [0, 0.05) is 29.1 Å². The number of ether oxygens (including phenoxy) is 1. The number of carbonyl (C=O) groups excluding carboxylic acids is 1. The number of aryl methyl sites for hydroxylation is 3. The van der Waals surface area contributed by atoms with Crippen LogP contribution >= 0.6 is 0 Å². The first-order valence-corrected chi connectivity index (χ1v) is 7.87. The quantitative estimate of drug-likeness (QED) is 0.495. The van der Waals surface area contributed by atoms with Crippen molar-refractivity contribution in [2.45, 2.75) is 26.3 Å². The first kappa shape index (κ1) is 18.2. The minimum atomic E-state index is -0.291. The summed E-state index contributed by atoms with van der Waals surface area (Å²) in [6, 6.07) is 10.2. The maximum Gasteiger partial charge on any atom is 0.343 e. The summed E-state index contributed by atoms with van der Waals surface area (Å²) >= 11 is 0. The van der Waals surface area contributed by atoms with Crippen molar-refractivity contribution >= 4 is 16.9 Å². The number of carbonyl (C=O) groups is 1. The van der Waals surface area contributed by atoms with E-state index in [0.29, 0.717) is 5.56 Å². The average molecular weight is 389 g/mol. The zero-order chi connectivity index (χ0) is 16.2. The number of nitrogens with one attached hydrogen (secondary N) is 1. The minimum Gasteiger partial charge on any atom is -1.00 e. The molecule has 0 aliphatic carbocycles. The fraction of sp³-hybridized carbons (Fsp3) is 0.263. The normalized spacial score (nSPS) is 10.4. The monoisotopic (exact) mass is 388 g/mol. The number of fused-ring (bicyclic) bond motifs is 1. The van der Waals surface area contributed by atoms with Gasteiger partial charge in [0.15, 0.2) is 18.9 Å². The lowest BCUT2D eigenvalue weighted by Crippen LogP contribution is -3.00. The Balaban J connectivity index is 0.00000208. The van der Waals surface area contributed by atoms with Crippen LogP contribution in [0.2, 0.25) is 0 Å². The molecule has 126 valence electrons. The number of H-pyrrole nitrogens is 1. The number of hydrogen-bond donors (Lipinski definition) is 1. The van der Waals surface area contributed by atoms with Crippen LogP contribution < -0.4 is 21.5 Å². The summed E-state index contributed by atoms with van der Waals surface area (Å²) in [5.41, 5.74) is 4.18. The molecule has 3 rings (SSSR count). The molecule has 0 bridgehead atoms. The van der Waals surface area contributed by atoms with Crippen molar-refractivity contribution < 1.29 is 31.1 Å². The summed E-state index contributed by atoms with van der Waals surface area (Å²) in [6.45, 7) is 2.90. The lowest BCUT2D eigenvalue weighted by molar-refractivity contribution is -0.696. The zero-order valence-corrected chi connectivity index (χ0v) is 15.5. The molecule has 4 nitrogen and oxygen atoms in total. The average Bonchev–Trinajstić information content (AvgIpc) is 3.02. The summed E-state index contributed by atoms with van der Waals surface area (Å²) in [4.78, 5) is 15.1. The van der Waals surface area contributed by atoms with Crippen LogP contribution in [0.4, 0.5) is 0 Å². The summed E-state index contributed by atoms with van der Waals surface area (Å²) in [6.07, 6.45) is 7.82. The highest BCUT2D eigenvalue weighted by Gasteiger charge is 2.14. The van der Waals surface area contributed by atoms with Crippen LogP contribution in [0.1, 0.15) is 28.4 Å². The third kappa shape index (κ3) is 3.85. The molecule has 2 aromatic heterocycles. The van der Waals surface area contributed by atoms with Crippen LogP contribution in [0, 0.1) is 0 Å². The van der Waals surface area contributed by atoms with E-state index in [1.165, 1.54) is 18.1 Å². The Hall–Kier alpha value is -2.14. The third-order valence-electron chi connectivity index (χ3n) is 4.12. The van der Waals surface area contributed by atoms with Crippen molar-refractivity contribution in [1.82, 2.24) is 4.98 Å². The zero-order valence-electron chi connectivity index (χ0n) is 13.9. The Kier molecular flexibility index (Phi) is 6.15. The summed E-state index contributed by atoms with van der Waals surface area (Å²) in [7, 11) is 1.41. The van der Waals surface area contributed by atoms with Gasteiger partial charge in [-0.1, -0.05) is 25.1 Å². The van der Waals surface area contributed by atoms with Gasteiger partial charge in [0.1, 0.15) is 5.56 Å². The van der Waals surface area contributed by atoms with E-state index in [1.807, 2.05) is 18.3 Å². The van der Waals surface area contributed by atoms with E-state index in [4.69, 9.17) is 4.74 Å². The van der Waals surface area contributed by atoms with Crippen molar-refractivity contribution in [2.75, 3.05) is 7.11 Å². The largest absolute Gasteiger partial charge is 1.00 e. The SMILES string of the molecule is CCc1cc(C(=O)OC)c[n+](CCc2c[nH]c3ccccc23)c1.[Br-]. The second kappa shape index (κ2) is 8.11. The number of hydrogen-bond acceptors (Lipinski definition) is 2. The van der Waals surface area contributed by atoms with E-state index < -0.39 is 0 Å². The van der Waals surface area contributed by atoms with E-state index in [2.05, 4.69) is 47.1 Å². The third-order valence-corrected chi connectivity index (χ3v) is 4.12. The number of esters is 1. The number of benzene rings is 1. The molecule has 3 aromatic rings. The van der Waals surface area contributed by atoms with Crippen molar-refractivity contribution in [1.29, 1.82) is 0 Å². The molecule has 24 heavy (non-hydrogen) atoms. The summed E-state index contributed by atoms with van der Waals surface area (Å²) in [5.74, 6) is -0.291. The van der Waals surface area contributed by atoms with E-state index in [1.54, 1.807) is 0 Å². The van der Waals surface area contributed by atoms with Crippen LogP contribution in [0.25, 0.3) is 10.9 Å². The fourth-order valence-corrected chi connectivity index (χ4v) is 2.84. The van der Waals surface area contributed by atoms with Crippen LogP contribution in [-0.2, 0) is 24.1 Å². The molecule has 1 N–H and O–H groups in total. The Bertz CT molecular complexity index is 842. The predicted octanol–water partition coefficient (Wildman–Crippen LogP) is 0.0511. The number of nitrogens with zero attached hydrogens (tertiary/aromatic N) is 1. The van der Waals surface area contributed by atoms with Gasteiger partial charge in [0.2, 0.25) is 0 Å². The molecular formula is C19H21BrN2O2. The highest BCUT2D eigenvalue weighted by Crippen LogP contribution is 2.18. The number of methoxy groups -OCH3 is 1. The summed E-state index contributed by atoms with van der Waals surface area (Å²) in [5, 5.41) is 1.26. The van der Waals surface area contributed by atoms with E-state index in [-0.39, 0.29) is 23.0 Å². The first-order chi connectivity index (χ1) is 11.2.